The van der Waals surface area contributed by atoms with Crippen LogP contribution in [0.5, 0.6) is 0 Å². The van der Waals surface area contributed by atoms with E-state index in [0.717, 1.165) is 12.8 Å². The van der Waals surface area contributed by atoms with Crippen molar-refractivity contribution in [1.29, 1.82) is 0 Å². The fourth-order valence-corrected chi connectivity index (χ4v) is 2.64. The number of nitrogens with two attached hydrogens (primary N) is 1. The molecular weight excluding hydrogens is 310 g/mol. The van der Waals surface area contributed by atoms with Gasteiger partial charge in [-0.15, -0.1) is 11.8 Å². The molecule has 22 heavy (non-hydrogen) atoms. The molecule has 1 rings (SSSR count). The Labute approximate surface area is 134 Å². The third-order valence-electron chi connectivity index (χ3n) is 3.32. The Kier molecular flexibility index (Phi) is 7.97. The highest BCUT2D eigenvalue weighted by atomic mass is 32.2. The molecule has 0 aromatic rings. The van der Waals surface area contributed by atoms with Crippen LogP contribution < -0.4 is 16.4 Å². The number of aliphatic hydroxyl groups excluding tert-OH is 3. The summed E-state index contributed by atoms with van der Waals surface area (Å²) >= 11 is 1.20. The molecule has 128 valence electrons. The van der Waals surface area contributed by atoms with Crippen molar-refractivity contribution in [3.05, 3.63) is 11.9 Å². The molecule has 5 unspecified atom stereocenters. The lowest BCUT2D eigenvalue weighted by molar-refractivity contribution is -0.232. The maximum Gasteiger partial charge on any atom is 0.268 e. The monoisotopic (exact) mass is 335 g/mol. The number of unbranched alkanes of at least 4 members (excludes halogenated alkanes) is 1. The molecule has 1 aliphatic rings. The van der Waals surface area contributed by atoms with Gasteiger partial charge >= 0.3 is 0 Å². The van der Waals surface area contributed by atoms with Gasteiger partial charge in [0.1, 0.15) is 23.3 Å². The molecule has 9 heteroatoms. The fraction of sp³-hybridized carbons (Fsp3) is 0.769. The van der Waals surface area contributed by atoms with Crippen molar-refractivity contribution in [3.63, 3.8) is 0 Å². The molecule has 0 aliphatic carbocycles. The second-order valence-electron chi connectivity index (χ2n) is 5.01. The normalized spacial score (nSPS) is 32.6. The minimum Gasteiger partial charge on any atom is -0.393 e. The second kappa shape index (κ2) is 9.21. The van der Waals surface area contributed by atoms with Crippen LogP contribution in [-0.4, -0.2) is 64.0 Å². The fourth-order valence-electron chi connectivity index (χ4n) is 1.97. The van der Waals surface area contributed by atoms with Crippen molar-refractivity contribution < 1.29 is 24.9 Å². The Morgan fingerprint density at radius 3 is 2.64 bits per heavy atom. The zero-order valence-electron chi connectivity index (χ0n) is 12.7. The van der Waals surface area contributed by atoms with E-state index in [1.807, 2.05) is 6.92 Å². The summed E-state index contributed by atoms with van der Waals surface area (Å²) in [7, 11) is 0. The summed E-state index contributed by atoms with van der Waals surface area (Å²) in [6.07, 6.45) is 0.897. The average molecular weight is 335 g/mol. The van der Waals surface area contributed by atoms with E-state index in [-0.39, 0.29) is 5.70 Å². The summed E-state index contributed by atoms with van der Waals surface area (Å²) in [6, 6.07) is -0.900. The first-order valence-corrected chi connectivity index (χ1v) is 8.43. The van der Waals surface area contributed by atoms with Crippen LogP contribution in [0.1, 0.15) is 19.8 Å². The van der Waals surface area contributed by atoms with E-state index in [1.165, 1.54) is 18.0 Å². The number of carbonyl (C=O) groups excluding carboxylic acids is 1. The van der Waals surface area contributed by atoms with Crippen LogP contribution in [-0.2, 0) is 9.53 Å². The number of hydrogen-bond donors (Lipinski definition) is 6. The molecule has 1 saturated heterocycles. The van der Waals surface area contributed by atoms with Gasteiger partial charge in [-0.05, 0) is 12.7 Å². The molecule has 1 amide bonds. The number of carbonyl (C=O) groups is 1. The van der Waals surface area contributed by atoms with E-state index in [0.29, 0.717) is 6.54 Å². The van der Waals surface area contributed by atoms with Gasteiger partial charge in [0, 0.05) is 12.7 Å². The van der Waals surface area contributed by atoms with Crippen LogP contribution in [0.15, 0.2) is 11.9 Å². The van der Waals surface area contributed by atoms with Crippen molar-refractivity contribution >= 4 is 17.7 Å². The molecule has 0 radical (unpaired) electrons. The second-order valence-corrected chi connectivity index (χ2v) is 5.95. The summed E-state index contributed by atoms with van der Waals surface area (Å²) in [6.45, 7) is 2.54. The number of hydrogen-bond acceptors (Lipinski definition) is 8. The maximum atomic E-state index is 11.7. The lowest BCUT2D eigenvalue weighted by Gasteiger charge is -2.40. The van der Waals surface area contributed by atoms with Crippen molar-refractivity contribution in [2.45, 2.75) is 49.7 Å². The van der Waals surface area contributed by atoms with Gasteiger partial charge < -0.3 is 36.4 Å². The van der Waals surface area contributed by atoms with Gasteiger partial charge in [-0.2, -0.15) is 0 Å². The van der Waals surface area contributed by atoms with E-state index in [2.05, 4.69) is 10.6 Å². The number of aliphatic hydroxyl groups is 3. The number of rotatable bonds is 7. The number of amides is 1. The van der Waals surface area contributed by atoms with Crippen LogP contribution in [0.4, 0.5) is 0 Å². The quantitative estimate of drug-likeness (QED) is 0.242. The van der Waals surface area contributed by atoms with Gasteiger partial charge in [0.05, 0.1) is 6.04 Å². The molecule has 0 saturated carbocycles. The highest BCUT2D eigenvalue weighted by molar-refractivity contribution is 7.99. The number of thioether (sulfide) groups is 1. The molecule has 7 N–H and O–H groups in total. The summed E-state index contributed by atoms with van der Waals surface area (Å²) in [5.41, 5.74) is 4.87. The molecule has 8 nitrogen and oxygen atoms in total. The first-order valence-electron chi connectivity index (χ1n) is 7.14. The van der Waals surface area contributed by atoms with E-state index < -0.39 is 35.9 Å². The maximum absolute atomic E-state index is 11.7. The first kappa shape index (κ1) is 19.0. The average Bonchev–Trinajstić information content (AvgIpc) is 2.50. The van der Waals surface area contributed by atoms with Gasteiger partial charge in [-0.3, -0.25) is 4.79 Å². The standard InChI is InChI=1S/C13H25N3O5S/c1-3-4-5-15-11(19)7(14)6-16-8-9(17)12(20)21-13(22-2)10(8)18/h6,8-10,12-13,16-18,20H,3-5,14H2,1-2H3,(H,15,19)/b7-6-. The van der Waals surface area contributed by atoms with Crippen LogP contribution in [0.3, 0.4) is 0 Å². The van der Waals surface area contributed by atoms with Crippen LogP contribution in [0.25, 0.3) is 0 Å². The third-order valence-corrected chi connectivity index (χ3v) is 4.18. The van der Waals surface area contributed by atoms with E-state index in [9.17, 15) is 20.1 Å². The lowest BCUT2D eigenvalue weighted by Crippen LogP contribution is -2.61. The van der Waals surface area contributed by atoms with Crippen LogP contribution >= 0.6 is 11.8 Å². The first-order chi connectivity index (χ1) is 10.4. The zero-order chi connectivity index (χ0) is 16.7. The van der Waals surface area contributed by atoms with Gasteiger partial charge in [0.15, 0.2) is 6.29 Å². The summed E-state index contributed by atoms with van der Waals surface area (Å²) < 4.78 is 5.06. The number of nitrogens with one attached hydrogen (secondary N) is 2. The predicted molar refractivity (Wildman–Crippen MR) is 83.5 cm³/mol. The Bertz CT molecular complexity index is 396. The molecule has 0 bridgehead atoms. The predicted octanol–water partition coefficient (Wildman–Crippen LogP) is -1.58. The molecule has 0 spiro atoms. The van der Waals surface area contributed by atoms with Crippen molar-refractivity contribution in [2.24, 2.45) is 5.73 Å². The molecule has 1 heterocycles. The minimum absolute atomic E-state index is 0.0720. The molecular formula is C13H25N3O5S. The van der Waals surface area contributed by atoms with E-state index >= 15 is 0 Å². The topological polar surface area (TPSA) is 137 Å². The zero-order valence-corrected chi connectivity index (χ0v) is 13.5. The van der Waals surface area contributed by atoms with Gasteiger partial charge in [-0.25, -0.2) is 0 Å². The summed E-state index contributed by atoms with van der Waals surface area (Å²) in [4.78, 5) is 11.7. The third kappa shape index (κ3) is 5.03. The Balaban J connectivity index is 2.62. The van der Waals surface area contributed by atoms with Gasteiger partial charge in [-0.1, -0.05) is 13.3 Å². The van der Waals surface area contributed by atoms with Gasteiger partial charge in [0.2, 0.25) is 0 Å². The highest BCUT2D eigenvalue weighted by Crippen LogP contribution is 2.25. The van der Waals surface area contributed by atoms with E-state index in [1.54, 1.807) is 6.26 Å². The summed E-state index contributed by atoms with van der Waals surface area (Å²) in [5, 5.41) is 34.9. The Morgan fingerprint density at radius 2 is 2.05 bits per heavy atom. The molecule has 5 atom stereocenters. The highest BCUT2D eigenvalue weighted by Gasteiger charge is 2.43. The van der Waals surface area contributed by atoms with E-state index in [4.69, 9.17) is 10.5 Å². The lowest BCUT2D eigenvalue weighted by atomic mass is 10.0. The molecule has 0 aromatic heterocycles. The largest absolute Gasteiger partial charge is 0.393 e. The number of ether oxygens (including phenoxy) is 1. The smallest absolute Gasteiger partial charge is 0.268 e. The Morgan fingerprint density at radius 1 is 1.36 bits per heavy atom. The van der Waals surface area contributed by atoms with Crippen molar-refractivity contribution in [1.82, 2.24) is 10.6 Å². The van der Waals surface area contributed by atoms with Crippen molar-refractivity contribution in [3.8, 4) is 0 Å². The Hall–Kier alpha value is -1.00. The van der Waals surface area contributed by atoms with Gasteiger partial charge in [0.25, 0.3) is 5.91 Å². The van der Waals surface area contributed by atoms with Crippen LogP contribution in [0, 0.1) is 0 Å². The minimum atomic E-state index is -1.42. The van der Waals surface area contributed by atoms with Crippen LogP contribution in [0.2, 0.25) is 0 Å². The van der Waals surface area contributed by atoms with Crippen molar-refractivity contribution in [2.75, 3.05) is 12.8 Å². The summed E-state index contributed by atoms with van der Waals surface area (Å²) in [5.74, 6) is -0.432. The SMILES string of the molecule is CCCCNC(=O)/C(N)=C/NC1C(O)C(O)OC(SC)C1O. The molecule has 1 aliphatic heterocycles. The molecule has 0 aromatic carbocycles. The molecule has 1 fully saturated rings.